The van der Waals surface area contributed by atoms with Gasteiger partial charge in [0.15, 0.2) is 5.17 Å². The minimum absolute atomic E-state index is 0.00133. The normalized spacial score (nSPS) is 19.5. The summed E-state index contributed by atoms with van der Waals surface area (Å²) in [4.78, 5) is 33.7. The van der Waals surface area contributed by atoms with Gasteiger partial charge in [-0.1, -0.05) is 30.0 Å². The van der Waals surface area contributed by atoms with Crippen molar-refractivity contribution < 1.29 is 9.72 Å². The van der Waals surface area contributed by atoms with E-state index < -0.39 is 4.92 Å². The van der Waals surface area contributed by atoms with Crippen molar-refractivity contribution in [3.63, 3.8) is 0 Å². The van der Waals surface area contributed by atoms with Gasteiger partial charge in [-0.15, -0.1) is 6.58 Å². The molecule has 2 aliphatic rings. The summed E-state index contributed by atoms with van der Waals surface area (Å²) in [5, 5.41) is 12.3. The van der Waals surface area contributed by atoms with E-state index in [1.165, 1.54) is 23.9 Å². The van der Waals surface area contributed by atoms with Crippen LogP contribution in [-0.2, 0) is 4.79 Å². The zero-order valence-corrected chi connectivity index (χ0v) is 17.8. The summed E-state index contributed by atoms with van der Waals surface area (Å²) >= 11 is 2.91. The van der Waals surface area contributed by atoms with E-state index in [2.05, 4.69) is 29.5 Å². The van der Waals surface area contributed by atoms with Gasteiger partial charge in [0.1, 0.15) is 9.93 Å². The largest absolute Gasteiger partial charge is 0.334 e. The van der Waals surface area contributed by atoms with Gasteiger partial charge in [-0.2, -0.15) is 0 Å². The molecule has 152 valence electrons. The minimum atomic E-state index is -0.453. The van der Waals surface area contributed by atoms with E-state index in [9.17, 15) is 14.9 Å². The third-order valence-electron chi connectivity index (χ3n) is 4.58. The van der Waals surface area contributed by atoms with Crippen LogP contribution in [0.3, 0.4) is 0 Å². The second kappa shape index (κ2) is 8.37. The molecule has 0 bridgehead atoms. The third-order valence-corrected chi connectivity index (χ3v) is 6.96. The van der Waals surface area contributed by atoms with Crippen molar-refractivity contribution in [2.45, 2.75) is 11.8 Å². The van der Waals surface area contributed by atoms with Crippen LogP contribution in [0, 0.1) is 10.1 Å². The summed E-state index contributed by atoms with van der Waals surface area (Å²) in [5.41, 5.74) is 1.64. The predicted octanol–water partition coefficient (Wildman–Crippen LogP) is 5.15. The fourth-order valence-electron chi connectivity index (χ4n) is 3.19. The van der Waals surface area contributed by atoms with Crippen molar-refractivity contribution in [3.8, 4) is 0 Å². The van der Waals surface area contributed by atoms with Crippen LogP contribution in [0.2, 0.25) is 0 Å². The van der Waals surface area contributed by atoms with Crippen LogP contribution < -0.4 is 4.90 Å². The molecule has 2 aromatic carbocycles. The van der Waals surface area contributed by atoms with Crippen molar-refractivity contribution in [2.75, 3.05) is 18.0 Å². The molecule has 2 heterocycles. The molecule has 0 saturated carbocycles. The first kappa shape index (κ1) is 20.2. The number of rotatable bonds is 5. The molecule has 30 heavy (non-hydrogen) atoms. The quantitative estimate of drug-likeness (QED) is 0.278. The highest BCUT2D eigenvalue weighted by Crippen LogP contribution is 2.50. The number of nitrogens with zero attached hydrogens (tertiary/aromatic N) is 4. The van der Waals surface area contributed by atoms with Crippen molar-refractivity contribution >= 4 is 51.7 Å². The van der Waals surface area contributed by atoms with E-state index >= 15 is 0 Å². The van der Waals surface area contributed by atoms with Crippen molar-refractivity contribution in [3.05, 3.63) is 81.2 Å². The molecule has 0 aliphatic carbocycles. The molecule has 1 amide bonds. The van der Waals surface area contributed by atoms with E-state index in [0.29, 0.717) is 22.3 Å². The number of fused-ring (bicyclic) bond motifs is 1. The number of para-hydroxylation sites is 1. The van der Waals surface area contributed by atoms with E-state index in [0.717, 1.165) is 22.2 Å². The lowest BCUT2D eigenvalue weighted by molar-refractivity contribution is -0.384. The summed E-state index contributed by atoms with van der Waals surface area (Å²) in [6, 6.07) is 14.0. The number of amidine groups is 1. The van der Waals surface area contributed by atoms with Crippen molar-refractivity contribution in [2.24, 2.45) is 4.99 Å². The number of nitro groups is 1. The molecule has 2 aromatic rings. The van der Waals surface area contributed by atoms with Gasteiger partial charge in [0, 0.05) is 30.1 Å². The molecule has 4 rings (SSSR count). The summed E-state index contributed by atoms with van der Waals surface area (Å²) in [6.07, 6.45) is 1.66. The first-order valence-corrected chi connectivity index (χ1v) is 10.9. The Bertz CT molecular complexity index is 1100. The minimum Gasteiger partial charge on any atom is -0.334 e. The Hall–Kier alpha value is -3.04. The van der Waals surface area contributed by atoms with Crippen LogP contribution in [0.25, 0.3) is 0 Å². The van der Waals surface area contributed by atoms with E-state index in [-0.39, 0.29) is 11.6 Å². The number of anilines is 1. The lowest BCUT2D eigenvalue weighted by atomic mass is 10.3. The second-order valence-corrected chi connectivity index (χ2v) is 8.43. The predicted molar refractivity (Wildman–Crippen MR) is 122 cm³/mol. The number of aliphatic imine (C=N–C) groups is 1. The maximum atomic E-state index is 13.2. The molecule has 2 aliphatic heterocycles. The molecule has 0 N–H and O–H groups in total. The van der Waals surface area contributed by atoms with Gasteiger partial charge in [0.05, 0.1) is 16.3 Å². The number of hydrogen-bond donors (Lipinski definition) is 0. The van der Waals surface area contributed by atoms with E-state index in [4.69, 9.17) is 0 Å². The summed E-state index contributed by atoms with van der Waals surface area (Å²) in [5.74, 6) is -0.116. The van der Waals surface area contributed by atoms with Crippen molar-refractivity contribution in [1.82, 2.24) is 4.90 Å². The SMILES string of the molecule is C=CCN1C(=O)C(=C2Sc3ccccc3N2CC)SC1=Nc1ccc([N+](=O)[O-])cc1. The zero-order valence-electron chi connectivity index (χ0n) is 16.1. The van der Waals surface area contributed by atoms with Crippen LogP contribution >= 0.6 is 23.5 Å². The Labute approximate surface area is 182 Å². The van der Waals surface area contributed by atoms with Crippen LogP contribution in [0.1, 0.15) is 6.92 Å². The Morgan fingerprint density at radius 1 is 1.13 bits per heavy atom. The van der Waals surface area contributed by atoms with Gasteiger partial charge < -0.3 is 4.90 Å². The molecule has 0 spiro atoms. The zero-order chi connectivity index (χ0) is 21.3. The number of thioether (sulfide) groups is 2. The lowest BCUT2D eigenvalue weighted by Gasteiger charge is -2.19. The molecule has 9 heteroatoms. The van der Waals surface area contributed by atoms with Crippen LogP contribution in [-0.4, -0.2) is 34.0 Å². The van der Waals surface area contributed by atoms with Gasteiger partial charge in [0.2, 0.25) is 0 Å². The maximum absolute atomic E-state index is 13.2. The summed E-state index contributed by atoms with van der Waals surface area (Å²) in [7, 11) is 0. The van der Waals surface area contributed by atoms with E-state index in [1.807, 2.05) is 18.2 Å². The van der Waals surface area contributed by atoms with Gasteiger partial charge in [0.25, 0.3) is 11.6 Å². The first-order valence-electron chi connectivity index (χ1n) is 9.26. The van der Waals surface area contributed by atoms with E-state index in [1.54, 1.807) is 34.9 Å². The number of hydrogen-bond acceptors (Lipinski definition) is 7. The van der Waals surface area contributed by atoms with Crippen LogP contribution in [0.15, 0.2) is 81.0 Å². The van der Waals surface area contributed by atoms with Gasteiger partial charge in [-0.3, -0.25) is 19.8 Å². The molecule has 1 fully saturated rings. The maximum Gasteiger partial charge on any atom is 0.269 e. The monoisotopic (exact) mass is 438 g/mol. The number of carbonyl (C=O) groups excluding carboxylic acids is 1. The molecular weight excluding hydrogens is 420 g/mol. The molecule has 0 unspecified atom stereocenters. The Morgan fingerprint density at radius 3 is 2.53 bits per heavy atom. The highest BCUT2D eigenvalue weighted by molar-refractivity contribution is 8.19. The number of carbonyl (C=O) groups is 1. The number of non-ortho nitro benzene ring substituents is 1. The Balaban J connectivity index is 1.72. The highest BCUT2D eigenvalue weighted by Gasteiger charge is 2.39. The topological polar surface area (TPSA) is 79.0 Å². The first-order chi connectivity index (χ1) is 14.5. The van der Waals surface area contributed by atoms with Crippen LogP contribution in [0.5, 0.6) is 0 Å². The third kappa shape index (κ3) is 3.61. The standard InChI is InChI=1S/C21H18N4O3S2/c1-3-13-24-19(26)18(20-23(4-2)16-7-5-6-8-17(16)29-20)30-21(24)22-14-9-11-15(12-10-14)25(27)28/h3,5-12H,1,4,13H2,2H3. The number of nitro benzene ring substituents is 1. The fraction of sp³-hybridized carbons (Fsp3) is 0.143. The summed E-state index contributed by atoms with van der Waals surface area (Å²) in [6.45, 7) is 6.88. The van der Waals surface area contributed by atoms with Crippen molar-refractivity contribution in [1.29, 1.82) is 0 Å². The molecule has 7 nitrogen and oxygen atoms in total. The average molecular weight is 439 g/mol. The van der Waals surface area contributed by atoms with Gasteiger partial charge in [-0.05, 0) is 43.0 Å². The average Bonchev–Trinajstić information content (AvgIpc) is 3.26. The fourth-order valence-corrected chi connectivity index (χ4v) is 5.59. The molecular formula is C21H18N4O3S2. The number of amides is 1. The summed E-state index contributed by atoms with van der Waals surface area (Å²) < 4.78 is 0. The van der Waals surface area contributed by atoms with Gasteiger partial charge in [-0.25, -0.2) is 4.99 Å². The van der Waals surface area contributed by atoms with Gasteiger partial charge >= 0.3 is 0 Å². The Morgan fingerprint density at radius 2 is 1.87 bits per heavy atom. The smallest absolute Gasteiger partial charge is 0.269 e. The molecule has 1 saturated heterocycles. The number of benzene rings is 2. The molecule has 0 radical (unpaired) electrons. The highest BCUT2D eigenvalue weighted by atomic mass is 32.2. The Kier molecular flexibility index (Phi) is 5.65. The van der Waals surface area contributed by atoms with Crippen LogP contribution in [0.4, 0.5) is 17.1 Å². The molecule has 0 atom stereocenters. The second-order valence-electron chi connectivity index (χ2n) is 6.42. The molecule has 0 aromatic heterocycles. The lowest BCUT2D eigenvalue weighted by Crippen LogP contribution is -2.30.